The zero-order valence-corrected chi connectivity index (χ0v) is 10.6. The Morgan fingerprint density at radius 2 is 2.24 bits per heavy atom. The molecule has 3 N–H and O–H groups in total. The molecule has 92 valence electrons. The predicted molar refractivity (Wildman–Crippen MR) is 69.5 cm³/mol. The van der Waals surface area contributed by atoms with Gasteiger partial charge in [-0.15, -0.1) is 0 Å². The van der Waals surface area contributed by atoms with E-state index in [0.717, 1.165) is 35.8 Å². The summed E-state index contributed by atoms with van der Waals surface area (Å²) in [5.74, 6) is 1.61. The third kappa shape index (κ3) is 3.10. The van der Waals surface area contributed by atoms with Crippen LogP contribution >= 0.6 is 11.8 Å². The number of nitrogens with one attached hydrogen (secondary N) is 1. The molecule has 6 heteroatoms. The highest BCUT2D eigenvalue weighted by Crippen LogP contribution is 2.20. The van der Waals surface area contributed by atoms with Crippen molar-refractivity contribution in [1.82, 2.24) is 15.0 Å². The van der Waals surface area contributed by atoms with E-state index in [9.17, 15) is 0 Å². The van der Waals surface area contributed by atoms with Crippen LogP contribution in [0.5, 0.6) is 5.88 Å². The molecule has 0 radical (unpaired) electrons. The van der Waals surface area contributed by atoms with Gasteiger partial charge in [0.25, 0.3) is 0 Å². The first-order valence-corrected chi connectivity index (χ1v) is 6.55. The molecule has 0 fully saturated rings. The number of pyridine rings is 1. The third-order valence-corrected chi connectivity index (χ3v) is 3.30. The molecule has 0 amide bonds. The van der Waals surface area contributed by atoms with E-state index < -0.39 is 0 Å². The molecule has 5 nitrogen and oxygen atoms in total. The maximum atomic E-state index is 5.44. The number of aromatic nitrogens is 3. The van der Waals surface area contributed by atoms with Gasteiger partial charge in [0, 0.05) is 11.8 Å². The summed E-state index contributed by atoms with van der Waals surface area (Å²) in [6, 6.07) is 3.75. The van der Waals surface area contributed by atoms with Crippen molar-refractivity contribution in [3.8, 4) is 5.88 Å². The molecule has 0 aliphatic rings. The zero-order chi connectivity index (χ0) is 12.1. The number of nitrogens with two attached hydrogens (primary N) is 1. The van der Waals surface area contributed by atoms with Gasteiger partial charge in [0.1, 0.15) is 0 Å². The summed E-state index contributed by atoms with van der Waals surface area (Å²) < 4.78 is 5.06. The molecule has 2 aromatic heterocycles. The van der Waals surface area contributed by atoms with Gasteiger partial charge in [0.2, 0.25) is 5.88 Å². The largest absolute Gasteiger partial charge is 0.481 e. The molecule has 0 saturated heterocycles. The monoisotopic (exact) mass is 252 g/mol. The van der Waals surface area contributed by atoms with Crippen LogP contribution in [0.4, 0.5) is 0 Å². The summed E-state index contributed by atoms with van der Waals surface area (Å²) in [4.78, 5) is 11.9. The second-order valence-corrected chi connectivity index (χ2v) is 4.69. The second kappa shape index (κ2) is 5.88. The Bertz CT molecular complexity index is 485. The molecule has 2 heterocycles. The van der Waals surface area contributed by atoms with Crippen LogP contribution in [0.15, 0.2) is 17.3 Å². The number of rotatable bonds is 6. The minimum atomic E-state index is 0.587. The van der Waals surface area contributed by atoms with E-state index in [4.69, 9.17) is 10.5 Å². The number of methoxy groups -OCH3 is 1. The van der Waals surface area contributed by atoms with Crippen molar-refractivity contribution in [3.63, 3.8) is 0 Å². The van der Waals surface area contributed by atoms with E-state index in [1.54, 1.807) is 18.9 Å². The van der Waals surface area contributed by atoms with Crippen molar-refractivity contribution in [3.05, 3.63) is 12.1 Å². The van der Waals surface area contributed by atoms with Gasteiger partial charge in [-0.05, 0) is 25.5 Å². The highest BCUT2D eigenvalue weighted by Gasteiger charge is 2.05. The average Bonchev–Trinajstić information content (AvgIpc) is 2.76. The van der Waals surface area contributed by atoms with Gasteiger partial charge in [0.05, 0.1) is 12.6 Å². The Kier molecular flexibility index (Phi) is 4.22. The lowest BCUT2D eigenvalue weighted by Crippen LogP contribution is -1.98. The number of ether oxygens (including phenoxy) is 1. The minimum Gasteiger partial charge on any atom is -0.481 e. The fourth-order valence-corrected chi connectivity index (χ4v) is 2.33. The van der Waals surface area contributed by atoms with Gasteiger partial charge >= 0.3 is 0 Å². The van der Waals surface area contributed by atoms with Gasteiger partial charge in [-0.1, -0.05) is 11.8 Å². The van der Waals surface area contributed by atoms with Crippen molar-refractivity contribution in [2.45, 2.75) is 18.0 Å². The standard InChI is InChI=1S/C11H16N4OS/c1-16-9-5-4-8-10(14-9)15-11(13-8)17-7-3-2-6-12/h4-5H,2-3,6-7,12H2,1H3,(H,13,14,15). The fourth-order valence-electron chi connectivity index (χ4n) is 1.45. The molecule has 0 spiro atoms. The van der Waals surface area contributed by atoms with Crippen molar-refractivity contribution in [2.75, 3.05) is 19.4 Å². The quantitative estimate of drug-likeness (QED) is 0.605. The summed E-state index contributed by atoms with van der Waals surface area (Å²) in [7, 11) is 1.60. The number of fused-ring (bicyclic) bond motifs is 1. The number of unbranched alkanes of at least 4 members (excludes halogenated alkanes) is 1. The van der Waals surface area contributed by atoms with E-state index in [1.165, 1.54) is 0 Å². The molecule has 0 unspecified atom stereocenters. The number of H-pyrrole nitrogens is 1. The van der Waals surface area contributed by atoms with E-state index in [2.05, 4.69) is 15.0 Å². The number of imidazole rings is 1. The van der Waals surface area contributed by atoms with Crippen LogP contribution in [0.1, 0.15) is 12.8 Å². The summed E-state index contributed by atoms with van der Waals surface area (Å²) in [5.41, 5.74) is 7.08. The molecule has 0 aromatic carbocycles. The Morgan fingerprint density at radius 3 is 3.00 bits per heavy atom. The molecular formula is C11H16N4OS. The first-order chi connectivity index (χ1) is 8.33. The lowest BCUT2D eigenvalue weighted by Gasteiger charge is -1.95. The van der Waals surface area contributed by atoms with Crippen molar-refractivity contribution >= 4 is 22.9 Å². The molecule has 0 bridgehead atoms. The van der Waals surface area contributed by atoms with Crippen molar-refractivity contribution < 1.29 is 4.74 Å². The smallest absolute Gasteiger partial charge is 0.215 e. The van der Waals surface area contributed by atoms with Crippen LogP contribution in [0.2, 0.25) is 0 Å². The Balaban J connectivity index is 2.04. The van der Waals surface area contributed by atoms with Crippen molar-refractivity contribution in [1.29, 1.82) is 0 Å². The van der Waals surface area contributed by atoms with Crippen LogP contribution in [0, 0.1) is 0 Å². The van der Waals surface area contributed by atoms with Crippen LogP contribution in [-0.2, 0) is 0 Å². The van der Waals surface area contributed by atoms with E-state index in [0.29, 0.717) is 11.5 Å². The summed E-state index contributed by atoms with van der Waals surface area (Å²) in [6.45, 7) is 0.749. The molecule has 0 aliphatic heterocycles. The van der Waals surface area contributed by atoms with E-state index >= 15 is 0 Å². The minimum absolute atomic E-state index is 0.587. The molecule has 2 aromatic rings. The molecule has 0 saturated carbocycles. The van der Waals surface area contributed by atoms with Crippen LogP contribution < -0.4 is 10.5 Å². The van der Waals surface area contributed by atoms with E-state index in [-0.39, 0.29) is 0 Å². The summed E-state index contributed by atoms with van der Waals surface area (Å²) in [5, 5.41) is 0.901. The lowest BCUT2D eigenvalue weighted by atomic mass is 10.3. The normalized spacial score (nSPS) is 10.9. The van der Waals surface area contributed by atoms with Crippen LogP contribution in [0.25, 0.3) is 11.2 Å². The molecular weight excluding hydrogens is 236 g/mol. The third-order valence-electron chi connectivity index (χ3n) is 2.35. The Hall–Kier alpha value is -1.27. The van der Waals surface area contributed by atoms with Crippen molar-refractivity contribution in [2.24, 2.45) is 5.73 Å². The van der Waals surface area contributed by atoms with Crippen LogP contribution in [0.3, 0.4) is 0 Å². The van der Waals surface area contributed by atoms with Gasteiger partial charge < -0.3 is 15.5 Å². The van der Waals surface area contributed by atoms with Gasteiger partial charge in [-0.3, -0.25) is 0 Å². The Morgan fingerprint density at radius 1 is 1.35 bits per heavy atom. The topological polar surface area (TPSA) is 76.8 Å². The zero-order valence-electron chi connectivity index (χ0n) is 9.77. The van der Waals surface area contributed by atoms with Crippen LogP contribution in [-0.4, -0.2) is 34.4 Å². The first kappa shape index (κ1) is 12.2. The maximum Gasteiger partial charge on any atom is 0.215 e. The SMILES string of the molecule is COc1ccc2[nH]c(SCCCCN)nc2n1. The van der Waals surface area contributed by atoms with E-state index in [1.807, 2.05) is 12.1 Å². The first-order valence-electron chi connectivity index (χ1n) is 5.57. The van der Waals surface area contributed by atoms with Gasteiger partial charge in [0.15, 0.2) is 10.8 Å². The molecule has 2 rings (SSSR count). The maximum absolute atomic E-state index is 5.44. The second-order valence-electron chi connectivity index (χ2n) is 3.61. The summed E-state index contributed by atoms with van der Waals surface area (Å²) in [6.07, 6.45) is 2.16. The predicted octanol–water partition coefficient (Wildman–Crippen LogP) is 1.80. The Labute approximate surface area is 104 Å². The number of hydrogen-bond donors (Lipinski definition) is 2. The highest BCUT2D eigenvalue weighted by molar-refractivity contribution is 7.99. The lowest BCUT2D eigenvalue weighted by molar-refractivity contribution is 0.399. The molecule has 0 atom stereocenters. The average molecular weight is 252 g/mol. The molecule has 0 aliphatic carbocycles. The fraction of sp³-hybridized carbons (Fsp3) is 0.455. The van der Waals surface area contributed by atoms with Gasteiger partial charge in [-0.25, -0.2) is 4.98 Å². The highest BCUT2D eigenvalue weighted by atomic mass is 32.2. The molecule has 17 heavy (non-hydrogen) atoms. The number of aromatic amines is 1. The summed E-state index contributed by atoms with van der Waals surface area (Å²) >= 11 is 1.70. The number of hydrogen-bond acceptors (Lipinski definition) is 5. The number of thioether (sulfide) groups is 1. The number of nitrogens with zero attached hydrogens (tertiary/aromatic N) is 2. The van der Waals surface area contributed by atoms with Gasteiger partial charge in [-0.2, -0.15) is 4.98 Å².